The Labute approximate surface area is 130 Å². The van der Waals surface area contributed by atoms with Crippen molar-refractivity contribution in [3.05, 3.63) is 41.2 Å². The Morgan fingerprint density at radius 2 is 2.05 bits per heavy atom. The Kier molecular flexibility index (Phi) is 6.26. The number of aromatic nitrogens is 3. The van der Waals surface area contributed by atoms with E-state index in [0.717, 1.165) is 36.7 Å². The lowest BCUT2D eigenvalue weighted by Crippen LogP contribution is -2.05. The van der Waals surface area contributed by atoms with E-state index in [1.54, 1.807) is 11.8 Å². The second kappa shape index (κ2) is 8.20. The fraction of sp³-hybridized carbons (Fsp3) is 0.500. The quantitative estimate of drug-likeness (QED) is 0.601. The first kappa shape index (κ1) is 16.0. The van der Waals surface area contributed by atoms with E-state index in [1.807, 2.05) is 4.57 Å². The van der Waals surface area contributed by atoms with Crippen LogP contribution < -0.4 is 0 Å². The van der Waals surface area contributed by atoms with Crippen LogP contribution in [0.4, 0.5) is 0 Å². The zero-order valence-corrected chi connectivity index (χ0v) is 13.6. The van der Waals surface area contributed by atoms with Crippen LogP contribution in [-0.2, 0) is 19.6 Å². The summed E-state index contributed by atoms with van der Waals surface area (Å²) in [5.41, 5.74) is 2.78. The minimum atomic E-state index is -0.0449. The van der Waals surface area contributed by atoms with Crippen LogP contribution in [0.1, 0.15) is 36.7 Å². The van der Waals surface area contributed by atoms with Crippen LogP contribution in [0.3, 0.4) is 0 Å². The number of thioether (sulfide) groups is 1. The number of aryl methyl sites for hydroxylation is 2. The summed E-state index contributed by atoms with van der Waals surface area (Å²) in [6.45, 7) is 5.10. The molecule has 0 aliphatic heterocycles. The van der Waals surface area contributed by atoms with Gasteiger partial charge in [-0.15, -0.1) is 10.2 Å². The zero-order chi connectivity index (χ0) is 15.1. The third-order valence-corrected chi connectivity index (χ3v) is 4.52. The molecule has 0 saturated carbocycles. The van der Waals surface area contributed by atoms with E-state index in [4.69, 9.17) is 0 Å². The molecule has 0 aliphatic rings. The summed E-state index contributed by atoms with van der Waals surface area (Å²) in [7, 11) is 0. The summed E-state index contributed by atoms with van der Waals surface area (Å²) >= 11 is 1.73. The van der Waals surface area contributed by atoms with E-state index >= 15 is 0 Å². The first-order valence-corrected chi connectivity index (χ1v) is 8.45. The summed E-state index contributed by atoms with van der Waals surface area (Å²) in [5.74, 6) is 1.68. The third-order valence-electron chi connectivity index (χ3n) is 3.46. The van der Waals surface area contributed by atoms with E-state index in [0.29, 0.717) is 5.82 Å². The summed E-state index contributed by atoms with van der Waals surface area (Å²) in [5, 5.41) is 18.4. The number of benzene rings is 1. The molecule has 0 radical (unpaired) electrons. The van der Waals surface area contributed by atoms with Crippen molar-refractivity contribution in [3.8, 4) is 0 Å². The van der Waals surface area contributed by atoms with Crippen LogP contribution in [0.2, 0.25) is 0 Å². The fourth-order valence-corrected chi connectivity index (χ4v) is 3.23. The first-order valence-electron chi connectivity index (χ1n) is 7.46. The average molecular weight is 305 g/mol. The van der Waals surface area contributed by atoms with Gasteiger partial charge in [0.1, 0.15) is 6.61 Å². The van der Waals surface area contributed by atoms with Gasteiger partial charge in [0.2, 0.25) is 0 Å². The first-order chi connectivity index (χ1) is 10.3. The number of hydrogen-bond donors (Lipinski definition) is 1. The molecule has 1 N–H and O–H groups in total. The van der Waals surface area contributed by atoms with Gasteiger partial charge in [0.15, 0.2) is 11.0 Å². The molecule has 0 unspecified atom stereocenters. The van der Waals surface area contributed by atoms with Gasteiger partial charge in [-0.25, -0.2) is 0 Å². The molecule has 0 fully saturated rings. The van der Waals surface area contributed by atoms with Gasteiger partial charge in [-0.3, -0.25) is 0 Å². The lowest BCUT2D eigenvalue weighted by atomic mass is 10.1. The Hall–Kier alpha value is -1.33. The van der Waals surface area contributed by atoms with E-state index in [2.05, 4.69) is 48.3 Å². The molecule has 0 saturated heterocycles. The Bertz CT molecular complexity index is 568. The maximum Gasteiger partial charge on any atom is 0.191 e. The minimum absolute atomic E-state index is 0.0449. The molecule has 0 atom stereocenters. The molecule has 1 heterocycles. The zero-order valence-electron chi connectivity index (χ0n) is 12.7. The second-order valence-electron chi connectivity index (χ2n) is 5.09. The molecule has 0 aliphatic carbocycles. The Balaban J connectivity index is 1.86. The molecule has 1 aromatic heterocycles. The average Bonchev–Trinajstić information content (AvgIpc) is 2.88. The summed E-state index contributed by atoms with van der Waals surface area (Å²) in [4.78, 5) is 0. The Morgan fingerprint density at radius 1 is 1.24 bits per heavy atom. The monoisotopic (exact) mass is 305 g/mol. The van der Waals surface area contributed by atoms with Gasteiger partial charge in [0, 0.05) is 12.3 Å². The lowest BCUT2D eigenvalue weighted by molar-refractivity contribution is 0.263. The van der Waals surface area contributed by atoms with Gasteiger partial charge >= 0.3 is 0 Å². The van der Waals surface area contributed by atoms with Crippen LogP contribution >= 0.6 is 11.8 Å². The molecule has 1 aromatic carbocycles. The highest BCUT2D eigenvalue weighted by molar-refractivity contribution is 7.99. The normalized spacial score (nSPS) is 11.0. The van der Waals surface area contributed by atoms with E-state index < -0.39 is 0 Å². The van der Waals surface area contributed by atoms with Crippen molar-refractivity contribution in [1.82, 2.24) is 14.8 Å². The maximum absolute atomic E-state index is 9.28. The summed E-state index contributed by atoms with van der Waals surface area (Å²) < 4.78 is 2.03. The van der Waals surface area contributed by atoms with Gasteiger partial charge in [-0.1, -0.05) is 43.0 Å². The van der Waals surface area contributed by atoms with Gasteiger partial charge < -0.3 is 9.67 Å². The van der Waals surface area contributed by atoms with E-state index in [1.165, 1.54) is 11.1 Å². The van der Waals surface area contributed by atoms with Crippen LogP contribution in [0.25, 0.3) is 0 Å². The number of aliphatic hydroxyl groups is 1. The van der Waals surface area contributed by atoms with Crippen molar-refractivity contribution >= 4 is 11.8 Å². The fourth-order valence-electron chi connectivity index (χ4n) is 2.31. The van der Waals surface area contributed by atoms with Crippen molar-refractivity contribution in [1.29, 1.82) is 0 Å². The van der Waals surface area contributed by atoms with E-state index in [9.17, 15) is 5.11 Å². The minimum Gasteiger partial charge on any atom is -0.388 e. The SMILES string of the molecule is CCCn1c(CO)nnc1SCCCc1ccccc1C. The maximum atomic E-state index is 9.28. The molecular formula is C16H23N3OS. The van der Waals surface area contributed by atoms with Crippen molar-refractivity contribution in [2.45, 2.75) is 51.4 Å². The molecule has 2 aromatic rings. The molecule has 2 rings (SSSR count). The number of aliphatic hydroxyl groups excluding tert-OH is 1. The van der Waals surface area contributed by atoms with Gasteiger partial charge in [-0.2, -0.15) is 0 Å². The Morgan fingerprint density at radius 3 is 2.76 bits per heavy atom. The number of rotatable bonds is 8. The van der Waals surface area contributed by atoms with Crippen molar-refractivity contribution in [2.75, 3.05) is 5.75 Å². The van der Waals surface area contributed by atoms with Gasteiger partial charge in [0.05, 0.1) is 0 Å². The van der Waals surface area contributed by atoms with Crippen LogP contribution in [0.5, 0.6) is 0 Å². The standard InChI is InChI=1S/C16H23N3OS/c1-3-10-19-15(12-20)17-18-16(19)21-11-6-9-14-8-5-4-7-13(14)2/h4-5,7-8,20H,3,6,9-12H2,1-2H3. The van der Waals surface area contributed by atoms with Crippen molar-refractivity contribution in [3.63, 3.8) is 0 Å². The molecule has 0 spiro atoms. The van der Waals surface area contributed by atoms with Gasteiger partial charge in [-0.05, 0) is 37.3 Å². The van der Waals surface area contributed by atoms with Crippen LogP contribution in [-0.4, -0.2) is 25.6 Å². The highest BCUT2D eigenvalue weighted by Crippen LogP contribution is 2.20. The number of hydrogen-bond acceptors (Lipinski definition) is 4. The summed E-state index contributed by atoms with van der Waals surface area (Å²) in [6.07, 6.45) is 3.22. The second-order valence-corrected chi connectivity index (χ2v) is 6.15. The molecule has 4 nitrogen and oxygen atoms in total. The topological polar surface area (TPSA) is 50.9 Å². The molecule has 5 heteroatoms. The van der Waals surface area contributed by atoms with Gasteiger partial charge in [0.25, 0.3) is 0 Å². The number of nitrogens with zero attached hydrogens (tertiary/aromatic N) is 3. The predicted octanol–water partition coefficient (Wildman–Crippen LogP) is 3.21. The molecule has 114 valence electrons. The molecular weight excluding hydrogens is 282 g/mol. The lowest BCUT2D eigenvalue weighted by Gasteiger charge is -2.08. The van der Waals surface area contributed by atoms with Crippen LogP contribution in [0, 0.1) is 6.92 Å². The third kappa shape index (κ3) is 4.32. The predicted molar refractivity (Wildman–Crippen MR) is 86.5 cm³/mol. The van der Waals surface area contributed by atoms with E-state index in [-0.39, 0.29) is 6.61 Å². The largest absolute Gasteiger partial charge is 0.388 e. The highest BCUT2D eigenvalue weighted by Gasteiger charge is 2.10. The summed E-state index contributed by atoms with van der Waals surface area (Å²) in [6, 6.07) is 8.54. The van der Waals surface area contributed by atoms with Crippen molar-refractivity contribution < 1.29 is 5.11 Å². The molecule has 0 amide bonds. The van der Waals surface area contributed by atoms with Crippen molar-refractivity contribution in [2.24, 2.45) is 0 Å². The molecule has 21 heavy (non-hydrogen) atoms. The molecule has 0 bridgehead atoms. The van der Waals surface area contributed by atoms with Crippen LogP contribution in [0.15, 0.2) is 29.4 Å². The smallest absolute Gasteiger partial charge is 0.191 e. The highest BCUT2D eigenvalue weighted by atomic mass is 32.2.